The zero-order valence-corrected chi connectivity index (χ0v) is 16.8. The van der Waals surface area contributed by atoms with Gasteiger partial charge in [0.15, 0.2) is 5.96 Å². The van der Waals surface area contributed by atoms with E-state index in [0.29, 0.717) is 19.1 Å². The molecule has 1 aromatic heterocycles. The first-order chi connectivity index (χ1) is 13.8. The van der Waals surface area contributed by atoms with Crippen molar-refractivity contribution >= 4 is 11.6 Å². The first-order valence-electron chi connectivity index (χ1n) is 10.3. The van der Waals surface area contributed by atoms with Gasteiger partial charge in [0.1, 0.15) is 12.4 Å². The minimum Gasteiger partial charge on any atom is -0.467 e. The van der Waals surface area contributed by atoms with Gasteiger partial charge in [-0.25, -0.2) is 0 Å². The van der Waals surface area contributed by atoms with Crippen molar-refractivity contribution in [2.24, 2.45) is 10.9 Å². The summed E-state index contributed by atoms with van der Waals surface area (Å²) >= 11 is 0. The lowest BCUT2D eigenvalue weighted by Gasteiger charge is -2.18. The van der Waals surface area contributed by atoms with Crippen LogP contribution in [0.3, 0.4) is 0 Å². The average Bonchev–Trinajstić information content (AvgIpc) is 3.41. The van der Waals surface area contributed by atoms with E-state index in [-0.39, 0.29) is 0 Å². The number of nitrogens with zero attached hydrogens (tertiary/aromatic N) is 2. The predicted octanol–water partition coefficient (Wildman–Crippen LogP) is 3.27. The topological polar surface area (TPSA) is 62.0 Å². The van der Waals surface area contributed by atoms with Crippen molar-refractivity contribution in [2.45, 2.75) is 26.4 Å². The van der Waals surface area contributed by atoms with E-state index < -0.39 is 0 Å². The van der Waals surface area contributed by atoms with Crippen LogP contribution in [0.1, 0.15) is 25.5 Å². The first kappa shape index (κ1) is 20.3. The Morgan fingerprint density at radius 3 is 2.89 bits per heavy atom. The quantitative estimate of drug-likeness (QED) is 0.374. The van der Waals surface area contributed by atoms with Crippen LogP contribution in [0.25, 0.3) is 0 Å². The van der Waals surface area contributed by atoms with E-state index in [1.54, 1.807) is 6.26 Å². The molecule has 0 amide bonds. The number of aliphatic imine (C=N–C) groups is 1. The van der Waals surface area contributed by atoms with Gasteiger partial charge in [-0.05, 0) is 49.9 Å². The number of benzene rings is 1. The molecule has 28 heavy (non-hydrogen) atoms. The zero-order valence-electron chi connectivity index (χ0n) is 16.8. The highest BCUT2D eigenvalue weighted by Crippen LogP contribution is 2.23. The summed E-state index contributed by atoms with van der Waals surface area (Å²) < 4.78 is 10.9. The maximum atomic E-state index is 5.62. The summed E-state index contributed by atoms with van der Waals surface area (Å²) in [7, 11) is 0. The molecule has 0 bridgehead atoms. The van der Waals surface area contributed by atoms with Crippen LogP contribution in [0.15, 0.2) is 58.1 Å². The zero-order chi connectivity index (χ0) is 19.4. The summed E-state index contributed by atoms with van der Waals surface area (Å²) in [4.78, 5) is 7.25. The third-order valence-corrected chi connectivity index (χ3v) is 4.84. The Hall–Kier alpha value is -2.47. The lowest BCUT2D eigenvalue weighted by molar-refractivity contribution is 0.105. The van der Waals surface area contributed by atoms with Crippen molar-refractivity contribution in [3.05, 3.63) is 54.5 Å². The van der Waals surface area contributed by atoms with Crippen LogP contribution in [0.5, 0.6) is 0 Å². The standard InChI is InChI=1S/C22H32N4O2/c1-2-23-22(24-12-7-14-27-18-21-10-6-15-28-21)25-16-19-11-13-26(17-19)20-8-4-3-5-9-20/h3-6,8-10,15,19H,2,7,11-14,16-18H2,1H3,(H2,23,24,25). The highest BCUT2D eigenvalue weighted by Gasteiger charge is 2.22. The number of rotatable bonds is 10. The van der Waals surface area contributed by atoms with Crippen LogP contribution in [-0.4, -0.2) is 45.3 Å². The third kappa shape index (κ3) is 6.60. The van der Waals surface area contributed by atoms with Crippen molar-refractivity contribution in [1.29, 1.82) is 0 Å². The van der Waals surface area contributed by atoms with Gasteiger partial charge < -0.3 is 24.7 Å². The minimum absolute atomic E-state index is 0.529. The number of furan rings is 1. The van der Waals surface area contributed by atoms with Gasteiger partial charge >= 0.3 is 0 Å². The second-order valence-corrected chi connectivity index (χ2v) is 7.07. The van der Waals surface area contributed by atoms with Gasteiger partial charge in [-0.3, -0.25) is 4.99 Å². The summed E-state index contributed by atoms with van der Waals surface area (Å²) in [5.41, 5.74) is 1.31. The fraction of sp³-hybridized carbons (Fsp3) is 0.500. The van der Waals surface area contributed by atoms with Crippen LogP contribution in [0, 0.1) is 5.92 Å². The number of hydrogen-bond acceptors (Lipinski definition) is 4. The molecule has 0 saturated carbocycles. The van der Waals surface area contributed by atoms with Crippen molar-refractivity contribution in [3.63, 3.8) is 0 Å². The predicted molar refractivity (Wildman–Crippen MR) is 114 cm³/mol. The van der Waals surface area contributed by atoms with Gasteiger partial charge in [-0.1, -0.05) is 18.2 Å². The monoisotopic (exact) mass is 384 g/mol. The maximum Gasteiger partial charge on any atom is 0.191 e. The molecular formula is C22H32N4O2. The number of nitrogens with one attached hydrogen (secondary N) is 2. The second kappa shape index (κ2) is 11.4. The van der Waals surface area contributed by atoms with E-state index in [0.717, 1.165) is 50.9 Å². The molecule has 3 rings (SSSR count). The van der Waals surface area contributed by atoms with Gasteiger partial charge in [0, 0.05) is 45.0 Å². The lowest BCUT2D eigenvalue weighted by Crippen LogP contribution is -2.38. The Kier molecular flexibility index (Phi) is 8.25. The Morgan fingerprint density at radius 2 is 2.11 bits per heavy atom. The normalized spacial score (nSPS) is 17.1. The van der Waals surface area contributed by atoms with Crippen molar-refractivity contribution in [3.8, 4) is 0 Å². The van der Waals surface area contributed by atoms with Crippen LogP contribution in [0.2, 0.25) is 0 Å². The Bertz CT molecular complexity index is 688. The molecule has 0 aliphatic carbocycles. The van der Waals surface area contributed by atoms with Gasteiger partial charge in [0.2, 0.25) is 0 Å². The van der Waals surface area contributed by atoms with Gasteiger partial charge in [0.25, 0.3) is 0 Å². The molecule has 152 valence electrons. The van der Waals surface area contributed by atoms with Gasteiger partial charge in [-0.15, -0.1) is 0 Å². The lowest BCUT2D eigenvalue weighted by atomic mass is 10.1. The van der Waals surface area contributed by atoms with Crippen LogP contribution in [-0.2, 0) is 11.3 Å². The largest absolute Gasteiger partial charge is 0.467 e. The van der Waals surface area contributed by atoms with Crippen molar-refractivity contribution < 1.29 is 9.15 Å². The van der Waals surface area contributed by atoms with E-state index in [4.69, 9.17) is 14.1 Å². The molecule has 1 aliphatic rings. The van der Waals surface area contributed by atoms with Crippen LogP contribution < -0.4 is 15.5 Å². The highest BCUT2D eigenvalue weighted by atomic mass is 16.5. The number of ether oxygens (including phenoxy) is 1. The van der Waals surface area contributed by atoms with Gasteiger partial charge in [0.05, 0.1) is 6.26 Å². The smallest absolute Gasteiger partial charge is 0.191 e. The fourth-order valence-electron chi connectivity index (χ4n) is 3.37. The number of hydrogen-bond donors (Lipinski definition) is 2. The van der Waals surface area contributed by atoms with E-state index >= 15 is 0 Å². The maximum absolute atomic E-state index is 5.62. The van der Waals surface area contributed by atoms with Gasteiger partial charge in [-0.2, -0.15) is 0 Å². The molecule has 6 nitrogen and oxygen atoms in total. The molecule has 6 heteroatoms. The van der Waals surface area contributed by atoms with E-state index in [9.17, 15) is 0 Å². The summed E-state index contributed by atoms with van der Waals surface area (Å²) in [6, 6.07) is 14.5. The minimum atomic E-state index is 0.529. The Labute approximate surface area is 168 Å². The second-order valence-electron chi connectivity index (χ2n) is 7.07. The number of anilines is 1. The molecule has 0 spiro atoms. The van der Waals surface area contributed by atoms with Crippen molar-refractivity contribution in [2.75, 3.05) is 44.2 Å². The molecule has 2 aromatic rings. The SMILES string of the molecule is CCNC(=NCC1CCN(c2ccccc2)C1)NCCCOCc1ccco1. The summed E-state index contributed by atoms with van der Waals surface area (Å²) in [5, 5.41) is 6.74. The summed E-state index contributed by atoms with van der Waals surface area (Å²) in [6.45, 7) is 8.06. The average molecular weight is 385 g/mol. The van der Waals surface area contributed by atoms with E-state index in [2.05, 4.69) is 52.8 Å². The number of para-hydroxylation sites is 1. The molecule has 2 N–H and O–H groups in total. The molecular weight excluding hydrogens is 352 g/mol. The molecule has 1 atom stereocenters. The Morgan fingerprint density at radius 1 is 1.21 bits per heavy atom. The number of guanidine groups is 1. The highest BCUT2D eigenvalue weighted by molar-refractivity contribution is 5.79. The molecule has 1 fully saturated rings. The molecule has 0 radical (unpaired) electrons. The fourth-order valence-corrected chi connectivity index (χ4v) is 3.37. The van der Waals surface area contributed by atoms with Crippen LogP contribution in [0.4, 0.5) is 5.69 Å². The molecule has 1 aliphatic heterocycles. The molecule has 1 aromatic carbocycles. The molecule has 1 saturated heterocycles. The summed E-state index contributed by atoms with van der Waals surface area (Å²) in [5.74, 6) is 2.36. The van der Waals surface area contributed by atoms with Crippen molar-refractivity contribution in [1.82, 2.24) is 10.6 Å². The molecule has 1 unspecified atom stereocenters. The van der Waals surface area contributed by atoms with Crippen LogP contribution >= 0.6 is 0 Å². The summed E-state index contributed by atoms with van der Waals surface area (Å²) in [6.07, 6.45) is 3.79. The first-order valence-corrected chi connectivity index (χ1v) is 10.3. The van der Waals surface area contributed by atoms with E-state index in [1.165, 1.54) is 12.1 Å². The third-order valence-electron chi connectivity index (χ3n) is 4.84. The Balaban J connectivity index is 1.34. The molecule has 2 heterocycles. The van der Waals surface area contributed by atoms with E-state index in [1.807, 2.05) is 12.1 Å².